The maximum absolute atomic E-state index is 14.2. The van der Waals surface area contributed by atoms with Crippen LogP contribution >= 0.6 is 24.0 Å². The predicted molar refractivity (Wildman–Crippen MR) is 153 cm³/mol. The van der Waals surface area contributed by atoms with Gasteiger partial charge in [0.15, 0.2) is 34.2 Å². The maximum Gasteiger partial charge on any atom is 0.242 e. The summed E-state index contributed by atoms with van der Waals surface area (Å²) < 4.78 is 55.9. The number of rotatable bonds is 8. The van der Waals surface area contributed by atoms with Crippen LogP contribution in [0.25, 0.3) is 0 Å². The van der Waals surface area contributed by atoms with Crippen molar-refractivity contribution in [1.82, 2.24) is 0 Å². The Bertz CT molecular complexity index is 1540. The number of anilines is 3. The van der Waals surface area contributed by atoms with Crippen molar-refractivity contribution in [2.75, 3.05) is 16.0 Å². The molecule has 0 bridgehead atoms. The van der Waals surface area contributed by atoms with Gasteiger partial charge in [-0.15, -0.1) is 11.8 Å². The number of halogens is 4. The molecule has 0 aliphatic carbocycles. The van der Waals surface area contributed by atoms with Gasteiger partial charge in [0.1, 0.15) is 10.9 Å². The van der Waals surface area contributed by atoms with Gasteiger partial charge in [-0.3, -0.25) is 9.59 Å². The second-order valence-corrected chi connectivity index (χ2v) is 10.1. The van der Waals surface area contributed by atoms with E-state index in [4.69, 9.17) is 12.2 Å². The van der Waals surface area contributed by atoms with Gasteiger partial charge in [0.25, 0.3) is 0 Å². The van der Waals surface area contributed by atoms with Crippen molar-refractivity contribution in [3.05, 3.63) is 119 Å². The lowest BCUT2D eigenvalue weighted by Gasteiger charge is -2.18. The van der Waals surface area contributed by atoms with Gasteiger partial charge in [0.2, 0.25) is 5.91 Å². The zero-order valence-corrected chi connectivity index (χ0v) is 22.4. The molecule has 4 aromatic rings. The fraction of sp³-hybridized carbons (Fsp3) is 0.0690. The number of nitrogens with one attached hydrogen (secondary N) is 3. The second-order valence-electron chi connectivity index (χ2n) is 8.48. The Hall–Kier alpha value is -4.22. The van der Waals surface area contributed by atoms with Gasteiger partial charge in [0.05, 0.1) is 0 Å². The van der Waals surface area contributed by atoms with E-state index in [2.05, 4.69) is 10.6 Å². The van der Waals surface area contributed by atoms with Gasteiger partial charge in [-0.2, -0.15) is 0 Å². The van der Waals surface area contributed by atoms with Crippen molar-refractivity contribution in [3.8, 4) is 0 Å². The van der Waals surface area contributed by atoms with E-state index in [0.717, 1.165) is 11.8 Å². The topological polar surface area (TPSA) is 70.2 Å². The van der Waals surface area contributed by atoms with E-state index in [-0.39, 0.29) is 17.0 Å². The van der Waals surface area contributed by atoms with Gasteiger partial charge >= 0.3 is 0 Å². The predicted octanol–water partition coefficient (Wildman–Crippen LogP) is 7.73. The van der Waals surface area contributed by atoms with Gasteiger partial charge in [0, 0.05) is 27.9 Å². The van der Waals surface area contributed by atoms with Crippen LogP contribution in [0.5, 0.6) is 0 Å². The Morgan fingerprint density at radius 1 is 0.750 bits per heavy atom. The van der Waals surface area contributed by atoms with Crippen molar-refractivity contribution < 1.29 is 27.2 Å². The zero-order chi connectivity index (χ0) is 28.8. The number of hydrogen-bond acceptors (Lipinski definition) is 4. The molecule has 204 valence electrons. The third-order valence-corrected chi connectivity index (χ3v) is 7.05. The molecule has 0 saturated carbocycles. The van der Waals surface area contributed by atoms with Crippen LogP contribution < -0.4 is 16.0 Å². The molecule has 1 unspecified atom stereocenters. The minimum absolute atomic E-state index is 0.0533. The van der Waals surface area contributed by atoms with Crippen LogP contribution in [0.1, 0.15) is 28.1 Å². The number of Topliss-reactive ketones (excluding diaryl/α,β-unsaturated/α-hetero) is 1. The first-order chi connectivity index (χ1) is 19.1. The first kappa shape index (κ1) is 28.8. The van der Waals surface area contributed by atoms with Gasteiger partial charge in [-0.05, 0) is 67.2 Å². The van der Waals surface area contributed by atoms with E-state index >= 15 is 0 Å². The van der Waals surface area contributed by atoms with E-state index in [1.54, 1.807) is 78.9 Å². The number of ketones is 1. The van der Waals surface area contributed by atoms with E-state index < -0.39 is 40.1 Å². The summed E-state index contributed by atoms with van der Waals surface area (Å²) >= 11 is 6.44. The summed E-state index contributed by atoms with van der Waals surface area (Å²) in [7, 11) is 0. The fourth-order valence-electron chi connectivity index (χ4n) is 3.64. The Morgan fingerprint density at radius 2 is 1.38 bits per heavy atom. The van der Waals surface area contributed by atoms with Crippen molar-refractivity contribution in [3.63, 3.8) is 0 Å². The smallest absolute Gasteiger partial charge is 0.242 e. The lowest BCUT2D eigenvalue weighted by Crippen LogP contribution is -2.21. The Morgan fingerprint density at radius 3 is 2.00 bits per heavy atom. The summed E-state index contributed by atoms with van der Waals surface area (Å²) in [5.74, 6) is -7.60. The highest BCUT2D eigenvalue weighted by molar-refractivity contribution is 8.00. The molecule has 11 heteroatoms. The Balaban J connectivity index is 1.52. The number of thiocarbonyl (C=S) groups is 1. The molecule has 0 aromatic heterocycles. The average molecular weight is 584 g/mol. The minimum atomic E-state index is -1.70. The third kappa shape index (κ3) is 7.04. The lowest BCUT2D eigenvalue weighted by molar-refractivity contribution is -0.115. The molecule has 1 amide bonds. The van der Waals surface area contributed by atoms with Crippen molar-refractivity contribution in [1.29, 1.82) is 0 Å². The van der Waals surface area contributed by atoms with Crippen LogP contribution in [-0.4, -0.2) is 16.8 Å². The van der Waals surface area contributed by atoms with Crippen LogP contribution in [0.15, 0.2) is 89.8 Å². The molecule has 0 heterocycles. The quantitative estimate of drug-likeness (QED) is 0.0649. The second kappa shape index (κ2) is 12.8. The van der Waals surface area contributed by atoms with E-state index in [1.165, 1.54) is 6.92 Å². The SMILES string of the molecule is CC(=O)c1ccc(NC(=S)Nc2cccc(SC(C(=O)Nc3c(F)c(F)cc(F)c3F)c3ccccc3)c2)cc1. The first-order valence-electron chi connectivity index (χ1n) is 11.8. The van der Waals surface area contributed by atoms with Crippen LogP contribution in [0.2, 0.25) is 0 Å². The number of thioether (sulfide) groups is 1. The molecular weight excluding hydrogens is 562 g/mol. The molecule has 5 nitrogen and oxygen atoms in total. The summed E-state index contributed by atoms with van der Waals surface area (Å²) in [6.07, 6.45) is 0. The molecule has 0 spiro atoms. The zero-order valence-electron chi connectivity index (χ0n) is 20.8. The Labute approximate surface area is 237 Å². The number of carbonyl (C=O) groups excluding carboxylic acids is 2. The first-order valence-corrected chi connectivity index (χ1v) is 13.1. The van der Waals surface area contributed by atoms with E-state index in [0.29, 0.717) is 27.4 Å². The highest BCUT2D eigenvalue weighted by Crippen LogP contribution is 2.38. The molecule has 3 N–H and O–H groups in total. The van der Waals surface area contributed by atoms with Crippen LogP contribution in [0, 0.1) is 23.3 Å². The number of hydrogen-bond donors (Lipinski definition) is 3. The monoisotopic (exact) mass is 583 g/mol. The molecule has 4 rings (SSSR count). The van der Waals surface area contributed by atoms with Crippen molar-refractivity contribution >= 4 is 57.8 Å². The van der Waals surface area contributed by atoms with Gasteiger partial charge in [-0.25, -0.2) is 17.6 Å². The highest BCUT2D eigenvalue weighted by atomic mass is 32.2. The van der Waals surface area contributed by atoms with Crippen LogP contribution in [0.4, 0.5) is 34.6 Å². The highest BCUT2D eigenvalue weighted by Gasteiger charge is 2.27. The van der Waals surface area contributed by atoms with Crippen LogP contribution in [-0.2, 0) is 4.79 Å². The molecule has 0 aliphatic rings. The van der Waals surface area contributed by atoms with E-state index in [1.807, 2.05) is 5.32 Å². The summed E-state index contributed by atoms with van der Waals surface area (Å²) in [5, 5.41) is 7.29. The summed E-state index contributed by atoms with van der Waals surface area (Å²) in [6, 6.07) is 22.2. The number of carbonyl (C=O) groups is 2. The molecule has 0 radical (unpaired) electrons. The summed E-state index contributed by atoms with van der Waals surface area (Å²) in [4.78, 5) is 25.3. The Kier molecular flexibility index (Phi) is 9.18. The molecule has 0 aliphatic heterocycles. The summed E-state index contributed by atoms with van der Waals surface area (Å²) in [6.45, 7) is 1.48. The van der Waals surface area contributed by atoms with E-state index in [9.17, 15) is 27.2 Å². The molecule has 0 fully saturated rings. The molecular formula is C29H21F4N3O2S2. The number of benzene rings is 4. The van der Waals surface area contributed by atoms with Crippen LogP contribution in [0.3, 0.4) is 0 Å². The molecule has 40 heavy (non-hydrogen) atoms. The van der Waals surface area contributed by atoms with Crippen molar-refractivity contribution in [2.24, 2.45) is 0 Å². The maximum atomic E-state index is 14.2. The van der Waals surface area contributed by atoms with Crippen molar-refractivity contribution in [2.45, 2.75) is 17.1 Å². The van der Waals surface area contributed by atoms with Gasteiger partial charge in [-0.1, -0.05) is 36.4 Å². The average Bonchev–Trinajstić information content (AvgIpc) is 2.93. The molecule has 0 saturated heterocycles. The normalized spacial score (nSPS) is 11.4. The molecule has 1 atom stereocenters. The minimum Gasteiger partial charge on any atom is -0.332 e. The summed E-state index contributed by atoms with van der Waals surface area (Å²) in [5.41, 5.74) is 1.11. The molecule has 4 aromatic carbocycles. The third-order valence-electron chi connectivity index (χ3n) is 5.60. The standard InChI is InChI=1S/C29H21F4N3O2S2/c1-16(37)17-10-12-19(13-11-17)34-29(39)35-20-8-5-9-21(14-20)40-27(18-6-3-2-4-7-18)28(38)36-26-24(32)22(30)15-23(31)25(26)33/h2-15,27H,1H3,(H,36,38)(H2,34,35,39). The lowest BCUT2D eigenvalue weighted by atomic mass is 10.1. The number of amides is 1. The largest absolute Gasteiger partial charge is 0.332 e. The van der Waals surface area contributed by atoms with Gasteiger partial charge < -0.3 is 16.0 Å². The fourth-order valence-corrected chi connectivity index (χ4v) is 4.96.